The van der Waals surface area contributed by atoms with Gasteiger partial charge in [0.05, 0.1) is 5.70 Å². The summed E-state index contributed by atoms with van der Waals surface area (Å²) in [6.45, 7) is 12.1. The van der Waals surface area contributed by atoms with Crippen molar-refractivity contribution in [3.8, 4) is 33.4 Å². The molecule has 50 heavy (non-hydrogen) atoms. The highest BCUT2D eigenvalue weighted by molar-refractivity contribution is 6.02. The molecule has 1 nitrogen and oxygen atoms in total. The number of fused-ring (bicyclic) bond motifs is 3. The van der Waals surface area contributed by atoms with Crippen LogP contribution in [0.4, 0.5) is 0 Å². The second-order valence-corrected chi connectivity index (χ2v) is 13.1. The van der Waals surface area contributed by atoms with Gasteiger partial charge in [-0.2, -0.15) is 0 Å². The van der Waals surface area contributed by atoms with E-state index in [1.54, 1.807) is 0 Å². The minimum Gasteiger partial charge on any atom is -0.253 e. The zero-order chi connectivity index (χ0) is 34.5. The van der Waals surface area contributed by atoms with Crippen LogP contribution in [0.3, 0.4) is 0 Å². The maximum Gasteiger partial charge on any atom is 0.0628 e. The van der Waals surface area contributed by atoms with Crippen LogP contribution >= 0.6 is 0 Å². The molecule has 0 saturated carbocycles. The molecule has 0 bridgehead atoms. The van der Waals surface area contributed by atoms with Gasteiger partial charge in [-0.25, -0.2) is 0 Å². The number of benzene rings is 5. The first-order chi connectivity index (χ1) is 24.6. The van der Waals surface area contributed by atoms with Gasteiger partial charge in [0.2, 0.25) is 0 Å². The van der Waals surface area contributed by atoms with E-state index in [1.165, 1.54) is 61.2 Å². The number of hydrogen-bond donors (Lipinski definition) is 0. The molecule has 2 unspecified atom stereocenters. The van der Waals surface area contributed by atoms with Gasteiger partial charge in [-0.3, -0.25) is 4.99 Å². The Bertz CT molecular complexity index is 2220. The number of aliphatic imine (C=N–C) groups is 1. The van der Waals surface area contributed by atoms with Crippen molar-refractivity contribution < 1.29 is 0 Å². The minimum absolute atomic E-state index is 0.194. The predicted octanol–water partition coefficient (Wildman–Crippen LogP) is 13.2. The molecular formula is C49H43N. The van der Waals surface area contributed by atoms with Gasteiger partial charge in [-0.15, -0.1) is 0 Å². The maximum absolute atomic E-state index is 5.28. The minimum atomic E-state index is 0.194. The van der Waals surface area contributed by atoms with Crippen molar-refractivity contribution in [2.45, 2.75) is 38.5 Å². The number of rotatable bonds is 9. The lowest BCUT2D eigenvalue weighted by Gasteiger charge is -2.16. The Morgan fingerprint density at radius 2 is 1.30 bits per heavy atom. The fraction of sp³-hybridized carbons (Fsp3) is 0.122. The molecule has 1 aliphatic carbocycles. The quantitative estimate of drug-likeness (QED) is 0.141. The van der Waals surface area contributed by atoms with E-state index in [0.717, 1.165) is 29.8 Å². The Morgan fingerprint density at radius 1 is 0.660 bits per heavy atom. The maximum atomic E-state index is 5.28. The van der Waals surface area contributed by atoms with Crippen molar-refractivity contribution >= 4 is 5.71 Å². The highest BCUT2D eigenvalue weighted by Gasteiger charge is 2.30. The SMILES string of the molecule is C=C/C=C(\C)C1=CC(c2ccccc2)CCC(c2cccc(-c3cccc(-c4ccc5c(c4)-c4ccccc4C5C(/C=C\C)=C/C=C)c3)c2)=N1. The van der Waals surface area contributed by atoms with E-state index in [-0.39, 0.29) is 5.92 Å². The van der Waals surface area contributed by atoms with Crippen LogP contribution in [0.5, 0.6) is 0 Å². The molecule has 0 aromatic heterocycles. The highest BCUT2D eigenvalue weighted by atomic mass is 14.8. The Morgan fingerprint density at radius 3 is 2.02 bits per heavy atom. The second kappa shape index (κ2) is 14.8. The van der Waals surface area contributed by atoms with E-state index < -0.39 is 0 Å². The van der Waals surface area contributed by atoms with Gasteiger partial charge < -0.3 is 0 Å². The van der Waals surface area contributed by atoms with Crippen molar-refractivity contribution in [2.75, 3.05) is 0 Å². The molecule has 244 valence electrons. The van der Waals surface area contributed by atoms with Crippen LogP contribution < -0.4 is 0 Å². The average molecular weight is 646 g/mol. The van der Waals surface area contributed by atoms with Gasteiger partial charge in [-0.1, -0.05) is 159 Å². The predicted molar refractivity (Wildman–Crippen MR) is 215 cm³/mol. The fourth-order valence-electron chi connectivity index (χ4n) is 7.53. The van der Waals surface area contributed by atoms with Gasteiger partial charge in [0, 0.05) is 17.5 Å². The molecule has 0 saturated heterocycles. The van der Waals surface area contributed by atoms with Crippen LogP contribution in [0.2, 0.25) is 0 Å². The summed E-state index contributed by atoms with van der Waals surface area (Å²) in [6, 6.07) is 44.4. The topological polar surface area (TPSA) is 12.4 Å². The molecule has 0 N–H and O–H groups in total. The lowest BCUT2D eigenvalue weighted by Crippen LogP contribution is -2.03. The van der Waals surface area contributed by atoms with Gasteiger partial charge in [0.15, 0.2) is 0 Å². The Balaban J connectivity index is 1.22. The van der Waals surface area contributed by atoms with Gasteiger partial charge >= 0.3 is 0 Å². The molecule has 0 spiro atoms. The van der Waals surface area contributed by atoms with Gasteiger partial charge in [-0.05, 0) is 112 Å². The van der Waals surface area contributed by atoms with Gasteiger partial charge in [0.25, 0.3) is 0 Å². The standard InChI is InChI=1S/C49H43N/c1-5-15-34(4)48-33-41(35-18-9-8-10-19-35)27-29-47(50-48)42-23-14-22-39(31-42)37-20-13-21-38(30-37)40-26-28-45-46(32-40)43-24-11-12-25-44(43)49(45)36(16-6-2)17-7-3/h5-26,28,30-33,41,49H,1-2,27,29H2,3-4H3/b17-7-,34-15+,36-16+. The molecule has 1 heterocycles. The molecule has 0 radical (unpaired) electrons. The molecular weight excluding hydrogens is 603 g/mol. The van der Waals surface area contributed by atoms with Crippen molar-refractivity contribution in [3.63, 3.8) is 0 Å². The van der Waals surface area contributed by atoms with Crippen LogP contribution in [0.25, 0.3) is 33.4 Å². The van der Waals surface area contributed by atoms with Crippen LogP contribution in [0.15, 0.2) is 199 Å². The third-order valence-corrected chi connectivity index (χ3v) is 9.96. The molecule has 0 amide bonds. The van der Waals surface area contributed by atoms with E-state index in [4.69, 9.17) is 4.99 Å². The number of nitrogens with zero attached hydrogens (tertiary/aromatic N) is 1. The molecule has 5 aromatic carbocycles. The van der Waals surface area contributed by atoms with Crippen LogP contribution in [-0.2, 0) is 0 Å². The summed E-state index contributed by atoms with van der Waals surface area (Å²) in [5, 5.41) is 0. The summed E-state index contributed by atoms with van der Waals surface area (Å²) < 4.78 is 0. The summed E-state index contributed by atoms with van der Waals surface area (Å²) in [6.07, 6.45) is 16.5. The normalized spacial score (nSPS) is 17.4. The zero-order valence-electron chi connectivity index (χ0n) is 29.0. The van der Waals surface area contributed by atoms with Gasteiger partial charge in [0.1, 0.15) is 0 Å². The molecule has 0 fully saturated rings. The number of allylic oxidation sites excluding steroid dienone is 9. The van der Waals surface area contributed by atoms with Crippen molar-refractivity contribution in [3.05, 3.63) is 216 Å². The Labute approximate surface area is 297 Å². The van der Waals surface area contributed by atoms with Crippen LogP contribution in [0.1, 0.15) is 60.8 Å². The van der Waals surface area contributed by atoms with Crippen LogP contribution in [-0.4, -0.2) is 5.71 Å². The summed E-state index contributed by atoms with van der Waals surface area (Å²) in [5.74, 6) is 0.502. The molecule has 2 atom stereocenters. The fourth-order valence-corrected chi connectivity index (χ4v) is 7.53. The van der Waals surface area contributed by atoms with Crippen molar-refractivity contribution in [1.29, 1.82) is 0 Å². The smallest absolute Gasteiger partial charge is 0.0628 e. The summed E-state index contributed by atoms with van der Waals surface area (Å²) in [5.41, 5.74) is 17.2. The number of hydrogen-bond acceptors (Lipinski definition) is 1. The first-order valence-corrected chi connectivity index (χ1v) is 17.6. The second-order valence-electron chi connectivity index (χ2n) is 13.1. The van der Waals surface area contributed by atoms with E-state index in [2.05, 4.69) is 179 Å². The zero-order valence-corrected chi connectivity index (χ0v) is 29.0. The monoisotopic (exact) mass is 645 g/mol. The first kappa shape index (κ1) is 32.7. The first-order valence-electron chi connectivity index (χ1n) is 17.6. The largest absolute Gasteiger partial charge is 0.253 e. The summed E-state index contributed by atoms with van der Waals surface area (Å²) >= 11 is 0. The van der Waals surface area contributed by atoms with E-state index >= 15 is 0 Å². The summed E-state index contributed by atoms with van der Waals surface area (Å²) in [7, 11) is 0. The molecule has 7 rings (SSSR count). The highest BCUT2D eigenvalue weighted by Crippen LogP contribution is 2.49. The van der Waals surface area contributed by atoms with E-state index in [0.29, 0.717) is 5.92 Å². The van der Waals surface area contributed by atoms with E-state index in [9.17, 15) is 0 Å². The molecule has 5 aromatic rings. The lowest BCUT2D eigenvalue weighted by atomic mass is 9.87. The van der Waals surface area contributed by atoms with Crippen molar-refractivity contribution in [2.24, 2.45) is 4.99 Å². The van der Waals surface area contributed by atoms with Crippen molar-refractivity contribution in [1.82, 2.24) is 0 Å². The third-order valence-electron chi connectivity index (χ3n) is 9.96. The molecule has 1 aliphatic heterocycles. The summed E-state index contributed by atoms with van der Waals surface area (Å²) in [4.78, 5) is 5.28. The third kappa shape index (κ3) is 6.60. The average Bonchev–Trinajstić information content (AvgIpc) is 3.31. The molecule has 1 heteroatoms. The van der Waals surface area contributed by atoms with E-state index in [1.807, 2.05) is 12.2 Å². The van der Waals surface area contributed by atoms with Crippen LogP contribution in [0, 0.1) is 0 Å². The Kier molecular flexibility index (Phi) is 9.67. The Hall–Kier alpha value is -5.79. The lowest BCUT2D eigenvalue weighted by molar-refractivity contribution is 0.771. The molecule has 2 aliphatic rings.